The molecule has 0 spiro atoms. The van der Waals surface area contributed by atoms with Crippen LogP contribution in [-0.2, 0) is 5.54 Å². The second-order valence-electron chi connectivity index (χ2n) is 6.77. The van der Waals surface area contributed by atoms with Crippen molar-refractivity contribution in [1.82, 2.24) is 20.5 Å². The lowest BCUT2D eigenvalue weighted by atomic mass is 9.91. The molecule has 1 aliphatic rings. The largest absolute Gasteiger partial charge is 0.482 e. The fraction of sp³-hybridized carbons (Fsp3) is 0.471. The molecule has 2 N–H and O–H groups in total. The molecule has 2 aromatic rings. The van der Waals surface area contributed by atoms with Gasteiger partial charge in [0, 0.05) is 11.8 Å². The molecule has 1 fully saturated rings. The van der Waals surface area contributed by atoms with Crippen molar-refractivity contribution in [3.63, 3.8) is 0 Å². The van der Waals surface area contributed by atoms with Gasteiger partial charge in [-0.1, -0.05) is 11.6 Å². The average Bonchev–Trinajstić information content (AvgIpc) is 3.35. The second-order valence-corrected chi connectivity index (χ2v) is 7.18. The highest BCUT2D eigenvalue weighted by molar-refractivity contribution is 6.32. The normalized spacial score (nSPS) is 16.7. The van der Waals surface area contributed by atoms with Crippen LogP contribution in [0.2, 0.25) is 5.02 Å². The zero-order valence-corrected chi connectivity index (χ0v) is 15.4. The smallest absolute Gasteiger partial charge is 0.422 e. The number of ether oxygens (including phenoxy) is 1. The average molecular weight is 403 g/mol. The predicted molar refractivity (Wildman–Crippen MR) is 91.7 cm³/mol. The van der Waals surface area contributed by atoms with E-state index in [9.17, 15) is 18.0 Å². The molecule has 3 rings (SSSR count). The molecule has 0 saturated heterocycles. The summed E-state index contributed by atoms with van der Waals surface area (Å²) in [5.41, 5.74) is 0.753. The Bertz CT molecular complexity index is 851. The quantitative estimate of drug-likeness (QED) is 0.771. The van der Waals surface area contributed by atoms with Crippen LogP contribution in [0, 0.1) is 12.8 Å². The Morgan fingerprint density at radius 1 is 1.41 bits per heavy atom. The molecule has 146 valence electrons. The third-order valence-electron chi connectivity index (χ3n) is 4.45. The van der Waals surface area contributed by atoms with Crippen LogP contribution in [0.15, 0.2) is 18.3 Å². The van der Waals surface area contributed by atoms with Crippen LogP contribution in [0.25, 0.3) is 0 Å². The number of pyridine rings is 1. The molecule has 27 heavy (non-hydrogen) atoms. The molecule has 1 aliphatic carbocycles. The summed E-state index contributed by atoms with van der Waals surface area (Å²) in [6, 6.07) is 2.96. The van der Waals surface area contributed by atoms with Gasteiger partial charge >= 0.3 is 6.18 Å². The number of hydrogen-bond donors (Lipinski definition) is 2. The number of nitrogens with zero attached hydrogens (tertiary/aromatic N) is 2. The van der Waals surface area contributed by atoms with Gasteiger partial charge in [-0.3, -0.25) is 9.89 Å². The van der Waals surface area contributed by atoms with Crippen molar-refractivity contribution in [3.8, 4) is 5.75 Å². The molecule has 1 atom stereocenters. The van der Waals surface area contributed by atoms with Crippen molar-refractivity contribution < 1.29 is 22.7 Å². The molecular weight excluding hydrogens is 385 g/mol. The first-order chi connectivity index (χ1) is 12.6. The molecule has 2 heterocycles. The molecule has 2 aromatic heterocycles. The van der Waals surface area contributed by atoms with E-state index >= 15 is 0 Å². The molecule has 0 radical (unpaired) electrons. The van der Waals surface area contributed by atoms with E-state index in [0.717, 1.165) is 30.8 Å². The fourth-order valence-electron chi connectivity index (χ4n) is 2.83. The number of rotatable bonds is 6. The number of aromatic nitrogens is 3. The highest BCUT2D eigenvalue weighted by Crippen LogP contribution is 2.45. The Kier molecular flexibility index (Phi) is 5.07. The first-order valence-corrected chi connectivity index (χ1v) is 8.66. The van der Waals surface area contributed by atoms with E-state index in [0.29, 0.717) is 5.69 Å². The second kappa shape index (κ2) is 7.03. The van der Waals surface area contributed by atoms with Gasteiger partial charge in [0.1, 0.15) is 16.5 Å². The van der Waals surface area contributed by atoms with Gasteiger partial charge in [0.05, 0.1) is 17.4 Å². The first-order valence-electron chi connectivity index (χ1n) is 8.28. The van der Waals surface area contributed by atoms with Gasteiger partial charge in [-0.15, -0.1) is 0 Å². The summed E-state index contributed by atoms with van der Waals surface area (Å²) >= 11 is 5.82. The summed E-state index contributed by atoms with van der Waals surface area (Å²) in [6.45, 7) is 2.22. The molecule has 1 saturated carbocycles. The van der Waals surface area contributed by atoms with Gasteiger partial charge < -0.3 is 10.1 Å². The van der Waals surface area contributed by atoms with Gasteiger partial charge in [-0.2, -0.15) is 18.3 Å². The standard InChI is InChI=1S/C17H18ClF3N4O2/c1-9-5-14(25-24-9)16(2,10-3-4-10)23-15(26)12-6-13(11(18)7-22-12)27-8-17(19,20)21/h5-7,10H,3-4,8H2,1-2H3,(H,23,26)(H,24,25). The zero-order chi connectivity index (χ0) is 19.8. The van der Waals surface area contributed by atoms with Crippen molar-refractivity contribution in [3.05, 3.63) is 40.4 Å². The number of aromatic amines is 1. The van der Waals surface area contributed by atoms with Gasteiger partial charge in [0.15, 0.2) is 6.61 Å². The summed E-state index contributed by atoms with van der Waals surface area (Å²) in [7, 11) is 0. The number of alkyl halides is 3. The van der Waals surface area contributed by atoms with Crippen molar-refractivity contribution >= 4 is 17.5 Å². The van der Waals surface area contributed by atoms with Gasteiger partial charge in [0.25, 0.3) is 5.91 Å². The Labute approximate surface area is 158 Å². The van der Waals surface area contributed by atoms with E-state index in [1.165, 1.54) is 0 Å². The molecule has 0 aromatic carbocycles. The number of aryl methyl sites for hydroxylation is 1. The highest BCUT2D eigenvalue weighted by Gasteiger charge is 2.45. The van der Waals surface area contributed by atoms with Crippen molar-refractivity contribution in [2.45, 2.75) is 38.4 Å². The number of H-pyrrole nitrogens is 1. The summed E-state index contributed by atoms with van der Waals surface area (Å²) in [6.07, 6.45) is -1.54. The van der Waals surface area contributed by atoms with Crippen LogP contribution in [0.3, 0.4) is 0 Å². The van der Waals surface area contributed by atoms with Gasteiger partial charge in [-0.25, -0.2) is 4.98 Å². The number of nitrogens with one attached hydrogen (secondary N) is 2. The fourth-order valence-corrected chi connectivity index (χ4v) is 2.99. The summed E-state index contributed by atoms with van der Waals surface area (Å²) in [4.78, 5) is 16.6. The van der Waals surface area contributed by atoms with E-state index < -0.39 is 24.2 Å². The van der Waals surface area contributed by atoms with Crippen LogP contribution in [0.4, 0.5) is 13.2 Å². The lowest BCUT2D eigenvalue weighted by molar-refractivity contribution is -0.153. The number of halogens is 4. The Morgan fingerprint density at radius 3 is 2.67 bits per heavy atom. The monoisotopic (exact) mass is 402 g/mol. The third kappa shape index (κ3) is 4.52. The topological polar surface area (TPSA) is 79.9 Å². The Morgan fingerprint density at radius 2 is 2.11 bits per heavy atom. The number of carbonyl (C=O) groups is 1. The Hall–Kier alpha value is -2.29. The summed E-state index contributed by atoms with van der Waals surface area (Å²) in [5.74, 6) is -0.575. The van der Waals surface area contributed by atoms with E-state index in [1.54, 1.807) is 0 Å². The molecule has 6 nitrogen and oxygen atoms in total. The van der Waals surface area contributed by atoms with Crippen molar-refractivity contribution in [2.24, 2.45) is 5.92 Å². The maximum atomic E-state index is 12.7. The molecule has 1 unspecified atom stereocenters. The van der Waals surface area contributed by atoms with Crippen LogP contribution in [0.5, 0.6) is 5.75 Å². The lowest BCUT2D eigenvalue weighted by Gasteiger charge is -2.29. The molecule has 1 amide bonds. The summed E-state index contributed by atoms with van der Waals surface area (Å²) in [5, 5.41) is 9.92. The molecule has 10 heteroatoms. The molecule has 0 bridgehead atoms. The summed E-state index contributed by atoms with van der Waals surface area (Å²) < 4.78 is 41.8. The minimum Gasteiger partial charge on any atom is -0.482 e. The minimum absolute atomic E-state index is 0.0873. The van der Waals surface area contributed by atoms with Crippen LogP contribution in [0.1, 0.15) is 41.6 Å². The maximum absolute atomic E-state index is 12.7. The van der Waals surface area contributed by atoms with Crippen molar-refractivity contribution in [1.29, 1.82) is 0 Å². The molecular formula is C17H18ClF3N4O2. The SMILES string of the molecule is Cc1cc(C(C)(NC(=O)c2cc(OCC(F)(F)F)c(Cl)cn2)C2CC2)n[nH]1. The third-order valence-corrected chi connectivity index (χ3v) is 4.73. The van der Waals surface area contributed by atoms with E-state index in [1.807, 2.05) is 19.9 Å². The lowest BCUT2D eigenvalue weighted by Crippen LogP contribution is -2.46. The van der Waals surface area contributed by atoms with E-state index in [2.05, 4.69) is 25.2 Å². The highest BCUT2D eigenvalue weighted by atomic mass is 35.5. The van der Waals surface area contributed by atoms with Crippen molar-refractivity contribution in [2.75, 3.05) is 6.61 Å². The van der Waals surface area contributed by atoms with Gasteiger partial charge in [-0.05, 0) is 38.7 Å². The number of carbonyl (C=O) groups excluding carboxylic acids is 1. The van der Waals surface area contributed by atoms with Crippen LogP contribution < -0.4 is 10.1 Å². The van der Waals surface area contributed by atoms with E-state index in [4.69, 9.17) is 11.6 Å². The van der Waals surface area contributed by atoms with Gasteiger partial charge in [0.2, 0.25) is 0 Å². The van der Waals surface area contributed by atoms with E-state index in [-0.39, 0.29) is 22.4 Å². The minimum atomic E-state index is -4.52. The molecule has 0 aliphatic heterocycles. The maximum Gasteiger partial charge on any atom is 0.422 e. The number of amides is 1. The number of hydrogen-bond acceptors (Lipinski definition) is 4. The van der Waals surface area contributed by atoms with Crippen LogP contribution in [-0.4, -0.2) is 33.9 Å². The predicted octanol–water partition coefficient (Wildman–Crippen LogP) is 3.76. The van der Waals surface area contributed by atoms with Crippen LogP contribution >= 0.6 is 11.6 Å². The zero-order valence-electron chi connectivity index (χ0n) is 14.7. The Balaban J connectivity index is 1.80. The first kappa shape index (κ1) is 19.5.